The van der Waals surface area contributed by atoms with Crippen LogP contribution in [0, 0.1) is 6.92 Å². The molecule has 0 aliphatic carbocycles. The van der Waals surface area contributed by atoms with Gasteiger partial charge in [0.05, 0.1) is 5.52 Å². The van der Waals surface area contributed by atoms with Gasteiger partial charge in [-0.2, -0.15) is 0 Å². The number of hydrogen-bond acceptors (Lipinski definition) is 1. The minimum atomic E-state index is 0.934. The standard InChI is InChI=1S/C21H15NO/c1-14-10-12-15(13-11-14)22-18-8-4-2-6-16(18)21-20(22)17-7-3-5-9-19(17)23-21/h2-13H,1H3. The molecule has 23 heavy (non-hydrogen) atoms. The van der Waals surface area contributed by atoms with E-state index in [1.165, 1.54) is 11.1 Å². The second-order valence-electron chi connectivity index (χ2n) is 5.96. The summed E-state index contributed by atoms with van der Waals surface area (Å²) in [6, 6.07) is 25.3. The molecule has 2 heterocycles. The highest BCUT2D eigenvalue weighted by Crippen LogP contribution is 2.38. The number of hydrogen-bond donors (Lipinski definition) is 0. The minimum Gasteiger partial charge on any atom is -0.454 e. The summed E-state index contributed by atoms with van der Waals surface area (Å²) in [6.07, 6.45) is 0. The molecule has 0 bridgehead atoms. The van der Waals surface area contributed by atoms with Crippen molar-refractivity contribution in [3.63, 3.8) is 0 Å². The fraction of sp³-hybridized carbons (Fsp3) is 0.0476. The summed E-state index contributed by atoms with van der Waals surface area (Å²) >= 11 is 0. The molecule has 0 aliphatic heterocycles. The molecule has 0 aliphatic rings. The molecule has 0 saturated heterocycles. The topological polar surface area (TPSA) is 18.1 Å². The minimum absolute atomic E-state index is 0.934. The normalized spacial score (nSPS) is 11.7. The summed E-state index contributed by atoms with van der Waals surface area (Å²) < 4.78 is 8.47. The zero-order valence-corrected chi connectivity index (χ0v) is 12.8. The van der Waals surface area contributed by atoms with Gasteiger partial charge in [0.15, 0.2) is 5.58 Å². The maximum absolute atomic E-state index is 6.17. The second-order valence-corrected chi connectivity index (χ2v) is 5.96. The summed E-state index contributed by atoms with van der Waals surface area (Å²) in [5, 5.41) is 2.30. The molecule has 2 aromatic heterocycles. The van der Waals surface area contributed by atoms with Crippen molar-refractivity contribution in [2.45, 2.75) is 6.92 Å². The maximum atomic E-state index is 6.17. The third-order valence-corrected chi connectivity index (χ3v) is 4.47. The molecule has 0 saturated carbocycles. The van der Waals surface area contributed by atoms with Gasteiger partial charge in [0, 0.05) is 16.5 Å². The van der Waals surface area contributed by atoms with Crippen molar-refractivity contribution >= 4 is 33.0 Å². The van der Waals surface area contributed by atoms with Gasteiger partial charge >= 0.3 is 0 Å². The van der Waals surface area contributed by atoms with Crippen LogP contribution < -0.4 is 0 Å². The van der Waals surface area contributed by atoms with Crippen molar-refractivity contribution in [2.75, 3.05) is 0 Å². The largest absolute Gasteiger partial charge is 0.454 e. The van der Waals surface area contributed by atoms with Crippen molar-refractivity contribution in [3.8, 4) is 5.69 Å². The lowest BCUT2D eigenvalue weighted by Crippen LogP contribution is -1.93. The lowest BCUT2D eigenvalue weighted by atomic mass is 10.2. The quantitative estimate of drug-likeness (QED) is 0.380. The lowest BCUT2D eigenvalue weighted by molar-refractivity contribution is 0.673. The molecular formula is C21H15NO. The fourth-order valence-corrected chi connectivity index (χ4v) is 3.38. The summed E-state index contributed by atoms with van der Waals surface area (Å²) in [5.74, 6) is 0. The number of nitrogens with zero attached hydrogens (tertiary/aromatic N) is 1. The number of aromatic nitrogens is 1. The molecule has 0 fully saturated rings. The van der Waals surface area contributed by atoms with Crippen LogP contribution in [-0.2, 0) is 0 Å². The van der Waals surface area contributed by atoms with E-state index < -0.39 is 0 Å². The van der Waals surface area contributed by atoms with Crippen LogP contribution in [0.1, 0.15) is 5.56 Å². The number of rotatable bonds is 1. The number of para-hydroxylation sites is 2. The van der Waals surface area contributed by atoms with Crippen LogP contribution in [0.2, 0.25) is 0 Å². The van der Waals surface area contributed by atoms with Crippen LogP contribution in [0.4, 0.5) is 0 Å². The Balaban J connectivity index is 2.03. The van der Waals surface area contributed by atoms with Gasteiger partial charge in [-0.25, -0.2) is 0 Å². The average Bonchev–Trinajstić information content (AvgIpc) is 3.11. The van der Waals surface area contributed by atoms with E-state index >= 15 is 0 Å². The van der Waals surface area contributed by atoms with E-state index in [0.29, 0.717) is 0 Å². The molecule has 0 atom stereocenters. The summed E-state index contributed by atoms with van der Waals surface area (Å²) in [7, 11) is 0. The molecule has 110 valence electrons. The van der Waals surface area contributed by atoms with Crippen LogP contribution in [-0.4, -0.2) is 4.57 Å². The van der Waals surface area contributed by atoms with Gasteiger partial charge in [0.25, 0.3) is 0 Å². The molecular weight excluding hydrogens is 282 g/mol. The van der Waals surface area contributed by atoms with Gasteiger partial charge in [0.2, 0.25) is 0 Å². The summed E-state index contributed by atoms with van der Waals surface area (Å²) in [6.45, 7) is 2.11. The van der Waals surface area contributed by atoms with Gasteiger partial charge in [-0.1, -0.05) is 42.0 Å². The molecule has 0 unspecified atom stereocenters. The Kier molecular flexibility index (Phi) is 2.45. The van der Waals surface area contributed by atoms with E-state index in [1.54, 1.807) is 0 Å². The van der Waals surface area contributed by atoms with Crippen molar-refractivity contribution in [2.24, 2.45) is 0 Å². The molecule has 5 aromatic rings. The van der Waals surface area contributed by atoms with E-state index in [0.717, 1.165) is 33.1 Å². The molecule has 0 radical (unpaired) electrons. The molecule has 0 amide bonds. The molecule has 2 heteroatoms. The first kappa shape index (κ1) is 12.5. The molecule has 5 rings (SSSR count). The number of furan rings is 1. The number of aryl methyl sites for hydroxylation is 1. The van der Waals surface area contributed by atoms with E-state index in [-0.39, 0.29) is 0 Å². The van der Waals surface area contributed by atoms with Gasteiger partial charge in [-0.05, 0) is 43.3 Å². The smallest absolute Gasteiger partial charge is 0.161 e. The fourth-order valence-electron chi connectivity index (χ4n) is 3.38. The van der Waals surface area contributed by atoms with E-state index in [9.17, 15) is 0 Å². The lowest BCUT2D eigenvalue weighted by Gasteiger charge is -2.07. The van der Waals surface area contributed by atoms with Crippen LogP contribution >= 0.6 is 0 Å². The Hall–Kier alpha value is -3.00. The van der Waals surface area contributed by atoms with Crippen LogP contribution in [0.25, 0.3) is 38.7 Å². The summed E-state index contributed by atoms with van der Waals surface area (Å²) in [4.78, 5) is 0. The average molecular weight is 297 g/mol. The van der Waals surface area contributed by atoms with Crippen molar-refractivity contribution in [1.82, 2.24) is 4.57 Å². The molecule has 2 nitrogen and oxygen atoms in total. The van der Waals surface area contributed by atoms with Crippen molar-refractivity contribution in [3.05, 3.63) is 78.4 Å². The predicted octanol–water partition coefficient (Wildman–Crippen LogP) is 5.84. The van der Waals surface area contributed by atoms with Gasteiger partial charge in [-0.15, -0.1) is 0 Å². The van der Waals surface area contributed by atoms with Crippen LogP contribution in [0.3, 0.4) is 0 Å². The Labute approximate surface area is 133 Å². The third kappa shape index (κ3) is 1.69. The van der Waals surface area contributed by atoms with Crippen molar-refractivity contribution in [1.29, 1.82) is 0 Å². The van der Waals surface area contributed by atoms with Crippen molar-refractivity contribution < 1.29 is 4.42 Å². The monoisotopic (exact) mass is 297 g/mol. The Bertz CT molecular complexity index is 1150. The number of benzene rings is 3. The predicted molar refractivity (Wildman–Crippen MR) is 95.3 cm³/mol. The molecule has 3 aromatic carbocycles. The Morgan fingerprint density at radius 3 is 2.26 bits per heavy atom. The highest BCUT2D eigenvalue weighted by atomic mass is 16.3. The van der Waals surface area contributed by atoms with Gasteiger partial charge in [-0.3, -0.25) is 0 Å². The first-order valence-electron chi connectivity index (χ1n) is 7.81. The number of fused-ring (bicyclic) bond motifs is 5. The second kappa shape index (κ2) is 4.50. The van der Waals surface area contributed by atoms with E-state index in [2.05, 4.69) is 72.2 Å². The first-order chi connectivity index (χ1) is 11.3. The van der Waals surface area contributed by atoms with Crippen LogP contribution in [0.5, 0.6) is 0 Å². The third-order valence-electron chi connectivity index (χ3n) is 4.47. The van der Waals surface area contributed by atoms with E-state index in [4.69, 9.17) is 4.42 Å². The highest BCUT2D eigenvalue weighted by molar-refractivity contribution is 6.16. The summed E-state index contributed by atoms with van der Waals surface area (Å²) in [5.41, 5.74) is 6.64. The van der Waals surface area contributed by atoms with Crippen LogP contribution in [0.15, 0.2) is 77.2 Å². The Morgan fingerprint density at radius 1 is 0.739 bits per heavy atom. The highest BCUT2D eigenvalue weighted by Gasteiger charge is 2.18. The molecule has 0 spiro atoms. The van der Waals surface area contributed by atoms with Gasteiger partial charge in [0.1, 0.15) is 11.1 Å². The van der Waals surface area contributed by atoms with Gasteiger partial charge < -0.3 is 8.98 Å². The zero-order chi connectivity index (χ0) is 15.4. The SMILES string of the molecule is Cc1ccc(-n2c3ccccc3c3oc4ccccc4c32)cc1. The Morgan fingerprint density at radius 2 is 1.43 bits per heavy atom. The maximum Gasteiger partial charge on any atom is 0.161 e. The first-order valence-corrected chi connectivity index (χ1v) is 7.81. The molecule has 0 N–H and O–H groups in total. The zero-order valence-electron chi connectivity index (χ0n) is 12.8. The van der Waals surface area contributed by atoms with E-state index in [1.807, 2.05) is 12.1 Å².